The van der Waals surface area contributed by atoms with Crippen molar-refractivity contribution in [2.45, 2.75) is 25.7 Å². The minimum atomic E-state index is -0.882. The van der Waals surface area contributed by atoms with Gasteiger partial charge in [-0.15, -0.1) is 0 Å². The third-order valence-corrected chi connectivity index (χ3v) is 3.86. The summed E-state index contributed by atoms with van der Waals surface area (Å²) in [5, 5.41) is 0.470. The molecular weight excluding hydrogens is 300 g/mol. The van der Waals surface area contributed by atoms with Crippen molar-refractivity contribution in [2.24, 2.45) is 0 Å². The highest BCUT2D eigenvalue weighted by molar-refractivity contribution is 6.21. The number of nitrogens with zero attached hydrogens (tertiary/aromatic N) is 2. The largest absolute Gasteiger partial charge is 0.445 e. The zero-order chi connectivity index (χ0) is 16.1. The second-order valence-corrected chi connectivity index (χ2v) is 5.56. The Bertz CT molecular complexity index is 815. The third kappa shape index (κ3) is 2.12. The van der Waals surface area contributed by atoms with Gasteiger partial charge < -0.3 is 9.25 Å². The molecule has 1 aromatic carbocycles. The lowest BCUT2D eigenvalue weighted by Gasteiger charge is -2.11. The molecule has 116 valence electrons. The number of fused-ring (bicyclic) bond motifs is 1. The molecule has 1 saturated carbocycles. The normalized spacial score (nSPS) is 16.7. The first-order chi connectivity index (χ1) is 11.1. The van der Waals surface area contributed by atoms with Crippen LogP contribution in [0, 0.1) is 6.92 Å². The van der Waals surface area contributed by atoms with Gasteiger partial charge in [0.25, 0.3) is 11.8 Å². The molecule has 2 heterocycles. The van der Waals surface area contributed by atoms with Gasteiger partial charge in [0.15, 0.2) is 11.6 Å². The van der Waals surface area contributed by atoms with Crippen molar-refractivity contribution in [3.63, 3.8) is 0 Å². The first-order valence-corrected chi connectivity index (χ1v) is 7.23. The summed E-state index contributed by atoms with van der Waals surface area (Å²) >= 11 is 0. The number of imide groups is 1. The predicted molar refractivity (Wildman–Crippen MR) is 75.6 cm³/mol. The number of carbonyl (C=O) groups is 3. The lowest BCUT2D eigenvalue weighted by Crippen LogP contribution is -2.33. The third-order valence-electron chi connectivity index (χ3n) is 3.86. The SMILES string of the molecule is Cc1oc(C2CC2)nc1C(=O)ON1C(=O)c2ccccc2C1=O. The van der Waals surface area contributed by atoms with Crippen molar-refractivity contribution in [2.75, 3.05) is 0 Å². The van der Waals surface area contributed by atoms with Crippen LogP contribution < -0.4 is 0 Å². The fourth-order valence-corrected chi connectivity index (χ4v) is 2.49. The molecule has 1 fully saturated rings. The van der Waals surface area contributed by atoms with Gasteiger partial charge in [0.1, 0.15) is 5.76 Å². The van der Waals surface area contributed by atoms with Crippen molar-refractivity contribution in [1.29, 1.82) is 0 Å². The van der Waals surface area contributed by atoms with Crippen LogP contribution in [-0.2, 0) is 4.84 Å². The molecular formula is C16H12N2O5. The van der Waals surface area contributed by atoms with E-state index in [0.29, 0.717) is 16.7 Å². The molecule has 0 radical (unpaired) electrons. The number of rotatable bonds is 3. The van der Waals surface area contributed by atoms with E-state index in [1.807, 2.05) is 0 Å². The monoisotopic (exact) mass is 312 g/mol. The Labute approximate surface area is 130 Å². The van der Waals surface area contributed by atoms with E-state index < -0.39 is 17.8 Å². The molecule has 2 amide bonds. The van der Waals surface area contributed by atoms with Gasteiger partial charge in [0, 0.05) is 5.92 Å². The molecule has 0 atom stereocenters. The number of carbonyl (C=O) groups excluding carboxylic acids is 3. The van der Waals surface area contributed by atoms with Crippen LogP contribution in [0.15, 0.2) is 28.7 Å². The Kier molecular flexibility index (Phi) is 2.84. The van der Waals surface area contributed by atoms with E-state index in [4.69, 9.17) is 9.25 Å². The average molecular weight is 312 g/mol. The molecule has 1 aliphatic carbocycles. The highest BCUT2D eigenvalue weighted by atomic mass is 16.7. The first-order valence-electron chi connectivity index (χ1n) is 7.23. The first kappa shape index (κ1) is 13.7. The van der Waals surface area contributed by atoms with Gasteiger partial charge in [-0.05, 0) is 31.9 Å². The molecule has 4 rings (SSSR count). The summed E-state index contributed by atoms with van der Waals surface area (Å²) < 4.78 is 5.44. The van der Waals surface area contributed by atoms with Gasteiger partial charge in [0.2, 0.25) is 0 Å². The highest BCUT2D eigenvalue weighted by Gasteiger charge is 2.40. The molecule has 0 bridgehead atoms. The van der Waals surface area contributed by atoms with Gasteiger partial charge in [-0.2, -0.15) is 0 Å². The zero-order valence-electron chi connectivity index (χ0n) is 12.2. The van der Waals surface area contributed by atoms with Crippen molar-refractivity contribution >= 4 is 17.8 Å². The maximum atomic E-state index is 12.2. The number of hydrogen-bond donors (Lipinski definition) is 0. The quantitative estimate of drug-likeness (QED) is 0.807. The second-order valence-electron chi connectivity index (χ2n) is 5.56. The lowest BCUT2D eigenvalue weighted by atomic mass is 10.1. The van der Waals surface area contributed by atoms with E-state index in [9.17, 15) is 14.4 Å². The zero-order valence-corrected chi connectivity index (χ0v) is 12.2. The Morgan fingerprint density at radius 2 is 1.83 bits per heavy atom. The van der Waals surface area contributed by atoms with Gasteiger partial charge >= 0.3 is 5.97 Å². The summed E-state index contributed by atoms with van der Waals surface area (Å²) in [7, 11) is 0. The summed E-state index contributed by atoms with van der Waals surface area (Å²) in [6, 6.07) is 6.30. The summed E-state index contributed by atoms with van der Waals surface area (Å²) in [4.78, 5) is 45.7. The van der Waals surface area contributed by atoms with Gasteiger partial charge in [-0.1, -0.05) is 17.2 Å². The van der Waals surface area contributed by atoms with Crippen LogP contribution in [0.25, 0.3) is 0 Å². The maximum absolute atomic E-state index is 12.2. The van der Waals surface area contributed by atoms with E-state index >= 15 is 0 Å². The molecule has 0 saturated heterocycles. The number of oxazole rings is 1. The molecule has 0 unspecified atom stereocenters. The lowest BCUT2D eigenvalue weighted by molar-refractivity contribution is -0.0589. The maximum Gasteiger partial charge on any atom is 0.385 e. The Balaban J connectivity index is 1.58. The molecule has 7 heteroatoms. The van der Waals surface area contributed by atoms with Crippen LogP contribution in [0.5, 0.6) is 0 Å². The molecule has 2 aliphatic rings. The van der Waals surface area contributed by atoms with Crippen molar-refractivity contribution in [3.8, 4) is 0 Å². The molecule has 7 nitrogen and oxygen atoms in total. The Morgan fingerprint density at radius 1 is 1.22 bits per heavy atom. The van der Waals surface area contributed by atoms with Gasteiger partial charge in [-0.3, -0.25) is 9.59 Å². The number of aromatic nitrogens is 1. The molecule has 2 aromatic rings. The molecule has 0 spiro atoms. The number of hydrogen-bond acceptors (Lipinski definition) is 6. The fourth-order valence-electron chi connectivity index (χ4n) is 2.49. The van der Waals surface area contributed by atoms with E-state index in [2.05, 4.69) is 4.98 Å². The van der Waals surface area contributed by atoms with E-state index in [1.165, 1.54) is 12.1 Å². The Hall–Kier alpha value is -2.96. The van der Waals surface area contributed by atoms with Crippen LogP contribution in [0.4, 0.5) is 0 Å². The van der Waals surface area contributed by atoms with E-state index in [0.717, 1.165) is 12.8 Å². The van der Waals surface area contributed by atoms with Crippen molar-refractivity contribution in [1.82, 2.24) is 10.0 Å². The summed E-state index contributed by atoms with van der Waals surface area (Å²) in [5.74, 6) is -1.16. The van der Waals surface area contributed by atoms with Crippen molar-refractivity contribution in [3.05, 3.63) is 52.7 Å². The fraction of sp³-hybridized carbons (Fsp3) is 0.250. The number of hydroxylamine groups is 2. The number of benzene rings is 1. The molecule has 0 N–H and O–H groups in total. The van der Waals surface area contributed by atoms with Crippen LogP contribution in [0.3, 0.4) is 0 Å². The minimum absolute atomic E-state index is 0.0107. The van der Waals surface area contributed by atoms with Crippen LogP contribution in [0.2, 0.25) is 0 Å². The Morgan fingerprint density at radius 3 is 2.39 bits per heavy atom. The average Bonchev–Trinajstić information content (AvgIpc) is 3.29. The summed E-state index contributed by atoms with van der Waals surface area (Å²) in [5.41, 5.74) is 0.408. The molecule has 1 aliphatic heterocycles. The standard InChI is InChI=1S/C16H12N2O5/c1-8-12(17-13(22-8)9-6-7-9)16(21)23-18-14(19)10-4-2-3-5-11(10)15(18)20/h2-5,9H,6-7H2,1H3. The van der Waals surface area contributed by atoms with Gasteiger partial charge in [0.05, 0.1) is 11.1 Å². The summed E-state index contributed by atoms with van der Waals surface area (Å²) in [6.07, 6.45) is 1.96. The molecule has 23 heavy (non-hydrogen) atoms. The van der Waals surface area contributed by atoms with Crippen LogP contribution in [-0.4, -0.2) is 27.8 Å². The topological polar surface area (TPSA) is 89.7 Å². The smallest absolute Gasteiger partial charge is 0.385 e. The number of amides is 2. The van der Waals surface area contributed by atoms with E-state index in [1.54, 1.807) is 19.1 Å². The summed E-state index contributed by atoms with van der Waals surface area (Å²) in [6.45, 7) is 1.60. The highest BCUT2D eigenvalue weighted by Crippen LogP contribution is 2.40. The molecule has 1 aromatic heterocycles. The minimum Gasteiger partial charge on any atom is -0.445 e. The number of aryl methyl sites for hydroxylation is 1. The van der Waals surface area contributed by atoms with Crippen LogP contribution >= 0.6 is 0 Å². The second kappa shape index (κ2) is 4.77. The van der Waals surface area contributed by atoms with Crippen molar-refractivity contribution < 1.29 is 23.6 Å². The van der Waals surface area contributed by atoms with E-state index in [-0.39, 0.29) is 22.7 Å². The predicted octanol–water partition coefficient (Wildman–Crippen LogP) is 2.23. The van der Waals surface area contributed by atoms with Crippen LogP contribution in [0.1, 0.15) is 61.6 Å². The van der Waals surface area contributed by atoms with Gasteiger partial charge in [-0.25, -0.2) is 9.78 Å².